The van der Waals surface area contributed by atoms with Gasteiger partial charge < -0.3 is 10.1 Å². The minimum Gasteiger partial charge on any atom is -0.494 e. The van der Waals surface area contributed by atoms with Crippen molar-refractivity contribution in [1.82, 2.24) is 0 Å². The van der Waals surface area contributed by atoms with Crippen LogP contribution in [0.2, 0.25) is 5.02 Å². The van der Waals surface area contributed by atoms with Crippen LogP contribution in [-0.4, -0.2) is 33.7 Å². The van der Waals surface area contributed by atoms with E-state index >= 15 is 0 Å². The molecule has 1 saturated heterocycles. The van der Waals surface area contributed by atoms with Gasteiger partial charge >= 0.3 is 0 Å². The quantitative estimate of drug-likeness (QED) is 0.860. The maximum atomic E-state index is 12.3. The van der Waals surface area contributed by atoms with Crippen molar-refractivity contribution in [3.8, 4) is 5.75 Å². The highest BCUT2D eigenvalue weighted by atomic mass is 35.5. The summed E-state index contributed by atoms with van der Waals surface area (Å²) in [5, 5.41) is 3.24. The van der Waals surface area contributed by atoms with Crippen molar-refractivity contribution in [1.29, 1.82) is 0 Å². The molecule has 0 saturated carbocycles. The first kappa shape index (κ1) is 18.5. The standard InChI is InChI=1S/C18H19ClN2O4S/c1-25-17-12-15(20-18(22)13-5-4-6-14(19)11-13)7-8-16(17)21-9-2-3-10-26(21,23)24/h4-8,11-12H,2-3,9-10H2,1H3,(H,20,22). The van der Waals surface area contributed by atoms with Crippen LogP contribution >= 0.6 is 11.6 Å². The van der Waals surface area contributed by atoms with Crippen LogP contribution in [0.1, 0.15) is 23.2 Å². The number of ether oxygens (including phenoxy) is 1. The molecule has 138 valence electrons. The van der Waals surface area contributed by atoms with E-state index in [0.717, 1.165) is 6.42 Å². The van der Waals surface area contributed by atoms with Crippen LogP contribution in [0.3, 0.4) is 0 Å². The fourth-order valence-corrected chi connectivity index (χ4v) is 4.69. The third-order valence-corrected chi connectivity index (χ3v) is 6.23. The van der Waals surface area contributed by atoms with Crippen LogP contribution in [0.5, 0.6) is 5.75 Å². The van der Waals surface area contributed by atoms with Crippen LogP contribution in [0.4, 0.5) is 11.4 Å². The van der Waals surface area contributed by atoms with Crippen molar-refractivity contribution in [2.75, 3.05) is 29.0 Å². The normalized spacial score (nSPS) is 16.2. The van der Waals surface area contributed by atoms with Crippen LogP contribution < -0.4 is 14.4 Å². The molecule has 1 heterocycles. The highest BCUT2D eigenvalue weighted by molar-refractivity contribution is 7.92. The van der Waals surface area contributed by atoms with E-state index in [-0.39, 0.29) is 11.7 Å². The number of benzene rings is 2. The molecule has 6 nitrogen and oxygen atoms in total. The number of sulfonamides is 1. The third kappa shape index (κ3) is 3.94. The molecule has 0 unspecified atom stereocenters. The number of methoxy groups -OCH3 is 1. The Balaban J connectivity index is 1.86. The average molecular weight is 395 g/mol. The van der Waals surface area contributed by atoms with Crippen LogP contribution in [-0.2, 0) is 10.0 Å². The van der Waals surface area contributed by atoms with E-state index in [1.807, 2.05) is 0 Å². The molecule has 0 aromatic heterocycles. The minimum absolute atomic E-state index is 0.128. The van der Waals surface area contributed by atoms with Gasteiger partial charge in [-0.1, -0.05) is 17.7 Å². The number of nitrogens with zero attached hydrogens (tertiary/aromatic N) is 1. The summed E-state index contributed by atoms with van der Waals surface area (Å²) in [7, 11) is -1.87. The summed E-state index contributed by atoms with van der Waals surface area (Å²) in [6, 6.07) is 11.5. The molecule has 0 spiro atoms. The number of amides is 1. The molecule has 1 N–H and O–H groups in total. The number of carbonyl (C=O) groups is 1. The van der Waals surface area contributed by atoms with Crippen molar-refractivity contribution in [3.05, 3.63) is 53.1 Å². The number of halogens is 1. The topological polar surface area (TPSA) is 75.7 Å². The molecule has 26 heavy (non-hydrogen) atoms. The van der Waals surface area contributed by atoms with Gasteiger partial charge in [-0.2, -0.15) is 0 Å². The second kappa shape index (κ2) is 7.55. The summed E-state index contributed by atoms with van der Waals surface area (Å²) >= 11 is 5.91. The van der Waals surface area contributed by atoms with Gasteiger partial charge in [0, 0.05) is 28.9 Å². The Bertz CT molecular complexity index is 931. The average Bonchev–Trinajstić information content (AvgIpc) is 2.61. The predicted molar refractivity (Wildman–Crippen MR) is 103 cm³/mol. The number of rotatable bonds is 4. The fourth-order valence-electron chi connectivity index (χ4n) is 2.85. The highest BCUT2D eigenvalue weighted by Gasteiger charge is 2.28. The largest absolute Gasteiger partial charge is 0.494 e. The lowest BCUT2D eigenvalue weighted by atomic mass is 10.2. The molecule has 0 aliphatic carbocycles. The summed E-state index contributed by atoms with van der Waals surface area (Å²) < 4.78 is 31.4. The maximum absolute atomic E-state index is 12.3. The number of hydrogen-bond donors (Lipinski definition) is 1. The van der Waals surface area contributed by atoms with Crippen molar-refractivity contribution < 1.29 is 17.9 Å². The van der Waals surface area contributed by atoms with E-state index in [1.165, 1.54) is 11.4 Å². The number of anilines is 2. The zero-order valence-corrected chi connectivity index (χ0v) is 15.8. The number of carbonyl (C=O) groups excluding carboxylic acids is 1. The molecular weight excluding hydrogens is 376 g/mol. The van der Waals surface area contributed by atoms with Crippen LogP contribution in [0, 0.1) is 0 Å². The maximum Gasteiger partial charge on any atom is 0.255 e. The minimum atomic E-state index is -3.34. The summed E-state index contributed by atoms with van der Waals surface area (Å²) in [6.45, 7) is 0.424. The molecule has 3 rings (SSSR count). The molecule has 2 aromatic rings. The molecule has 0 radical (unpaired) electrons. The highest BCUT2D eigenvalue weighted by Crippen LogP contribution is 2.35. The Morgan fingerprint density at radius 1 is 1.19 bits per heavy atom. The summed E-state index contributed by atoms with van der Waals surface area (Å²) in [4.78, 5) is 12.3. The lowest BCUT2D eigenvalue weighted by Gasteiger charge is -2.29. The van der Waals surface area contributed by atoms with E-state index in [9.17, 15) is 13.2 Å². The van der Waals surface area contributed by atoms with Gasteiger partial charge in [0.05, 0.1) is 18.6 Å². The molecule has 0 atom stereocenters. The molecule has 2 aromatic carbocycles. The van der Waals surface area contributed by atoms with Gasteiger partial charge in [-0.3, -0.25) is 9.10 Å². The van der Waals surface area contributed by atoms with Crippen molar-refractivity contribution >= 4 is 38.9 Å². The first-order chi connectivity index (χ1) is 12.4. The number of hydrogen-bond acceptors (Lipinski definition) is 4. The lowest BCUT2D eigenvalue weighted by molar-refractivity contribution is 0.102. The van der Waals surface area contributed by atoms with E-state index in [1.54, 1.807) is 42.5 Å². The van der Waals surface area contributed by atoms with Crippen molar-refractivity contribution in [2.24, 2.45) is 0 Å². The van der Waals surface area contributed by atoms with E-state index in [0.29, 0.717) is 40.7 Å². The van der Waals surface area contributed by atoms with Gasteiger partial charge in [0.15, 0.2) is 0 Å². The monoisotopic (exact) mass is 394 g/mol. The fraction of sp³-hybridized carbons (Fsp3) is 0.278. The van der Waals surface area contributed by atoms with Gasteiger partial charge in [-0.15, -0.1) is 0 Å². The molecule has 1 aliphatic rings. The zero-order valence-electron chi connectivity index (χ0n) is 14.2. The van der Waals surface area contributed by atoms with Gasteiger partial charge in [-0.25, -0.2) is 8.42 Å². The molecule has 0 bridgehead atoms. The Hall–Kier alpha value is -2.25. The Kier molecular flexibility index (Phi) is 5.38. The molecule has 1 fully saturated rings. The van der Waals surface area contributed by atoms with Gasteiger partial charge in [-0.05, 0) is 43.2 Å². The second-order valence-electron chi connectivity index (χ2n) is 5.95. The van der Waals surface area contributed by atoms with E-state index < -0.39 is 10.0 Å². The zero-order chi connectivity index (χ0) is 18.7. The molecule has 8 heteroatoms. The third-order valence-electron chi connectivity index (χ3n) is 4.14. The van der Waals surface area contributed by atoms with E-state index in [4.69, 9.17) is 16.3 Å². The van der Waals surface area contributed by atoms with Gasteiger partial charge in [0.25, 0.3) is 5.91 Å². The Labute approximate surface area is 157 Å². The smallest absolute Gasteiger partial charge is 0.255 e. The second-order valence-corrected chi connectivity index (χ2v) is 8.40. The summed E-state index contributed by atoms with van der Waals surface area (Å²) in [6.07, 6.45) is 1.46. The lowest BCUT2D eigenvalue weighted by Crippen LogP contribution is -2.38. The van der Waals surface area contributed by atoms with Gasteiger partial charge in [0.1, 0.15) is 5.75 Å². The van der Waals surface area contributed by atoms with Crippen molar-refractivity contribution in [3.63, 3.8) is 0 Å². The SMILES string of the molecule is COc1cc(NC(=O)c2cccc(Cl)c2)ccc1N1CCCCS1(=O)=O. The molecule has 1 aliphatic heterocycles. The van der Waals surface area contributed by atoms with E-state index in [2.05, 4.69) is 5.32 Å². The first-order valence-corrected chi connectivity index (χ1v) is 10.1. The first-order valence-electron chi connectivity index (χ1n) is 8.16. The summed E-state index contributed by atoms with van der Waals surface area (Å²) in [5.41, 5.74) is 1.41. The molecule has 1 amide bonds. The van der Waals surface area contributed by atoms with Crippen LogP contribution in [0.15, 0.2) is 42.5 Å². The Morgan fingerprint density at radius 3 is 2.69 bits per heavy atom. The predicted octanol–water partition coefficient (Wildman–Crippen LogP) is 3.53. The number of nitrogens with one attached hydrogen (secondary N) is 1. The Morgan fingerprint density at radius 2 is 2.00 bits per heavy atom. The summed E-state index contributed by atoms with van der Waals surface area (Å²) in [5.74, 6) is 0.205. The van der Waals surface area contributed by atoms with Crippen LogP contribution in [0.25, 0.3) is 0 Å². The molecular formula is C18H19ClN2O4S. The van der Waals surface area contributed by atoms with Crippen molar-refractivity contribution in [2.45, 2.75) is 12.8 Å². The van der Waals surface area contributed by atoms with Gasteiger partial charge in [0.2, 0.25) is 10.0 Å².